The lowest BCUT2D eigenvalue weighted by molar-refractivity contribution is 0.0376. The minimum absolute atomic E-state index is 0.200. The van der Waals surface area contributed by atoms with E-state index in [1.165, 1.54) is 0 Å². The van der Waals surface area contributed by atoms with Gasteiger partial charge in [0.1, 0.15) is 5.75 Å². The van der Waals surface area contributed by atoms with E-state index in [0.717, 1.165) is 42.0 Å². The molecule has 1 fully saturated rings. The van der Waals surface area contributed by atoms with Crippen molar-refractivity contribution in [2.45, 2.75) is 45.6 Å². The molecule has 2 rings (SSSR count). The highest BCUT2D eigenvalue weighted by atomic mass is 35.5. The molecule has 1 aliphatic carbocycles. The van der Waals surface area contributed by atoms with Gasteiger partial charge >= 0.3 is 0 Å². The quantitative estimate of drug-likeness (QED) is 0.896. The summed E-state index contributed by atoms with van der Waals surface area (Å²) in [6, 6.07) is 5.72. The van der Waals surface area contributed by atoms with E-state index in [1.54, 1.807) is 7.11 Å². The van der Waals surface area contributed by atoms with Gasteiger partial charge in [0, 0.05) is 5.02 Å². The molecule has 1 aromatic carbocycles. The first-order chi connectivity index (χ1) is 9.51. The maximum Gasteiger partial charge on any atom is 0.122 e. The van der Waals surface area contributed by atoms with E-state index in [4.69, 9.17) is 16.3 Å². The van der Waals surface area contributed by atoms with Crippen LogP contribution in [0.5, 0.6) is 5.75 Å². The third kappa shape index (κ3) is 3.67. The molecule has 0 heterocycles. The molecule has 0 amide bonds. The Morgan fingerprint density at radius 2 is 2.10 bits per heavy atom. The van der Waals surface area contributed by atoms with E-state index < -0.39 is 0 Å². The molecule has 1 N–H and O–H groups in total. The Kier molecular flexibility index (Phi) is 5.34. The Bertz CT molecular complexity index is 445. The fraction of sp³-hybridized carbons (Fsp3) is 0.647. The standard InChI is InChI=1S/C17H25ClO2/c1-11(2)12-4-6-16(19)13(8-12)9-14-10-15(18)5-7-17(14)20-3/h5,7,10-13,16,19H,4,6,8-9H2,1-3H3. The van der Waals surface area contributed by atoms with Crippen LogP contribution in [-0.2, 0) is 6.42 Å². The number of hydrogen-bond donors (Lipinski definition) is 1. The van der Waals surface area contributed by atoms with Crippen molar-refractivity contribution in [1.82, 2.24) is 0 Å². The first-order valence-electron chi connectivity index (χ1n) is 7.51. The minimum atomic E-state index is -0.200. The van der Waals surface area contributed by atoms with Gasteiger partial charge < -0.3 is 9.84 Å². The zero-order valence-corrected chi connectivity index (χ0v) is 13.4. The molecule has 20 heavy (non-hydrogen) atoms. The second kappa shape index (κ2) is 6.82. The Balaban J connectivity index is 2.13. The predicted octanol–water partition coefficient (Wildman–Crippen LogP) is 4.32. The summed E-state index contributed by atoms with van der Waals surface area (Å²) in [5.74, 6) is 2.58. The number of methoxy groups -OCH3 is 1. The molecule has 0 bridgehead atoms. The summed E-state index contributed by atoms with van der Waals surface area (Å²) in [5, 5.41) is 11.0. The molecule has 0 spiro atoms. The van der Waals surface area contributed by atoms with E-state index in [9.17, 15) is 5.11 Å². The van der Waals surface area contributed by atoms with Crippen molar-refractivity contribution in [2.75, 3.05) is 7.11 Å². The smallest absolute Gasteiger partial charge is 0.122 e. The van der Waals surface area contributed by atoms with Crippen LogP contribution in [0.3, 0.4) is 0 Å². The molecule has 0 aliphatic heterocycles. The van der Waals surface area contributed by atoms with E-state index in [-0.39, 0.29) is 6.10 Å². The van der Waals surface area contributed by atoms with Crippen molar-refractivity contribution in [2.24, 2.45) is 17.8 Å². The van der Waals surface area contributed by atoms with E-state index >= 15 is 0 Å². The van der Waals surface area contributed by atoms with E-state index in [1.807, 2.05) is 18.2 Å². The first-order valence-corrected chi connectivity index (χ1v) is 7.89. The predicted molar refractivity (Wildman–Crippen MR) is 83.4 cm³/mol. The van der Waals surface area contributed by atoms with Gasteiger partial charge in [-0.1, -0.05) is 25.4 Å². The third-order valence-corrected chi connectivity index (χ3v) is 4.89. The first kappa shape index (κ1) is 15.7. The lowest BCUT2D eigenvalue weighted by atomic mass is 9.73. The van der Waals surface area contributed by atoms with Crippen LogP contribution < -0.4 is 4.74 Å². The average molecular weight is 297 g/mol. The van der Waals surface area contributed by atoms with Crippen LogP contribution in [0, 0.1) is 17.8 Å². The summed E-state index contributed by atoms with van der Waals surface area (Å²) in [6.45, 7) is 4.55. The summed E-state index contributed by atoms with van der Waals surface area (Å²) in [6.07, 6.45) is 3.79. The van der Waals surface area contributed by atoms with Gasteiger partial charge in [0.05, 0.1) is 13.2 Å². The molecular weight excluding hydrogens is 272 g/mol. The Hall–Kier alpha value is -0.730. The topological polar surface area (TPSA) is 29.5 Å². The lowest BCUT2D eigenvalue weighted by Gasteiger charge is -2.35. The van der Waals surface area contributed by atoms with Crippen LogP contribution in [0.1, 0.15) is 38.7 Å². The van der Waals surface area contributed by atoms with Gasteiger partial charge in [0.25, 0.3) is 0 Å². The minimum Gasteiger partial charge on any atom is -0.496 e. The van der Waals surface area contributed by atoms with Gasteiger partial charge in [0.15, 0.2) is 0 Å². The largest absolute Gasteiger partial charge is 0.496 e. The molecule has 1 aromatic rings. The maximum atomic E-state index is 10.3. The third-order valence-electron chi connectivity index (χ3n) is 4.65. The number of rotatable bonds is 4. The number of aliphatic hydroxyl groups excluding tert-OH is 1. The maximum absolute atomic E-state index is 10.3. The molecule has 0 saturated heterocycles. The molecule has 0 radical (unpaired) electrons. The van der Waals surface area contributed by atoms with Crippen molar-refractivity contribution in [3.05, 3.63) is 28.8 Å². The van der Waals surface area contributed by atoms with Gasteiger partial charge in [-0.05, 0) is 67.2 Å². The van der Waals surface area contributed by atoms with Crippen LogP contribution in [-0.4, -0.2) is 18.3 Å². The van der Waals surface area contributed by atoms with Crippen LogP contribution in [0.4, 0.5) is 0 Å². The second-order valence-corrected chi connectivity index (χ2v) is 6.74. The Morgan fingerprint density at radius 1 is 1.35 bits per heavy atom. The van der Waals surface area contributed by atoms with Crippen molar-refractivity contribution in [1.29, 1.82) is 0 Å². The molecule has 0 aromatic heterocycles. The highest BCUT2D eigenvalue weighted by Gasteiger charge is 2.31. The Morgan fingerprint density at radius 3 is 2.75 bits per heavy atom. The summed E-state index contributed by atoms with van der Waals surface area (Å²) in [5.41, 5.74) is 1.11. The normalized spacial score (nSPS) is 26.8. The van der Waals surface area contributed by atoms with Gasteiger partial charge in [-0.25, -0.2) is 0 Å². The molecule has 1 aliphatic rings. The fourth-order valence-electron chi connectivity index (χ4n) is 3.30. The monoisotopic (exact) mass is 296 g/mol. The summed E-state index contributed by atoms with van der Waals surface area (Å²) in [4.78, 5) is 0. The molecule has 3 atom stereocenters. The summed E-state index contributed by atoms with van der Waals surface area (Å²) >= 11 is 6.09. The molecule has 1 saturated carbocycles. The zero-order chi connectivity index (χ0) is 14.7. The highest BCUT2D eigenvalue weighted by Crippen LogP contribution is 2.37. The second-order valence-electron chi connectivity index (χ2n) is 6.30. The number of benzene rings is 1. The van der Waals surface area contributed by atoms with Crippen molar-refractivity contribution in [3.8, 4) is 5.75 Å². The number of aliphatic hydroxyl groups is 1. The van der Waals surface area contributed by atoms with Gasteiger partial charge in [-0.3, -0.25) is 0 Å². The van der Waals surface area contributed by atoms with Gasteiger partial charge in [-0.15, -0.1) is 0 Å². The fourth-order valence-corrected chi connectivity index (χ4v) is 3.49. The van der Waals surface area contributed by atoms with E-state index in [0.29, 0.717) is 17.8 Å². The van der Waals surface area contributed by atoms with E-state index in [2.05, 4.69) is 13.8 Å². The molecule has 2 nitrogen and oxygen atoms in total. The van der Waals surface area contributed by atoms with Crippen LogP contribution in [0.25, 0.3) is 0 Å². The van der Waals surface area contributed by atoms with Crippen molar-refractivity contribution < 1.29 is 9.84 Å². The number of hydrogen-bond acceptors (Lipinski definition) is 2. The zero-order valence-electron chi connectivity index (χ0n) is 12.6. The van der Waals surface area contributed by atoms with Gasteiger partial charge in [0.2, 0.25) is 0 Å². The Labute approximate surface area is 127 Å². The molecule has 112 valence electrons. The lowest BCUT2D eigenvalue weighted by Crippen LogP contribution is -2.32. The number of ether oxygens (including phenoxy) is 1. The van der Waals surface area contributed by atoms with Crippen molar-refractivity contribution >= 4 is 11.6 Å². The average Bonchev–Trinajstić information content (AvgIpc) is 2.41. The highest BCUT2D eigenvalue weighted by molar-refractivity contribution is 6.30. The molecule has 3 unspecified atom stereocenters. The number of halogens is 1. The summed E-state index contributed by atoms with van der Waals surface area (Å²) in [7, 11) is 1.68. The molecule has 3 heteroatoms. The SMILES string of the molecule is COc1ccc(Cl)cc1CC1CC(C(C)C)CCC1O. The van der Waals surface area contributed by atoms with Gasteiger partial charge in [-0.2, -0.15) is 0 Å². The van der Waals surface area contributed by atoms with Crippen LogP contribution >= 0.6 is 11.6 Å². The molecular formula is C17H25ClO2. The van der Waals surface area contributed by atoms with Crippen LogP contribution in [0.2, 0.25) is 5.02 Å². The van der Waals surface area contributed by atoms with Crippen molar-refractivity contribution in [3.63, 3.8) is 0 Å². The summed E-state index contributed by atoms with van der Waals surface area (Å²) < 4.78 is 5.41. The van der Waals surface area contributed by atoms with Crippen LogP contribution in [0.15, 0.2) is 18.2 Å².